The lowest BCUT2D eigenvalue weighted by Gasteiger charge is -2.40. The molecule has 2 bridgehead atoms. The molecule has 12 heteroatoms. The van der Waals surface area contributed by atoms with Gasteiger partial charge in [0.05, 0.1) is 29.0 Å². The van der Waals surface area contributed by atoms with E-state index in [1.165, 1.54) is 4.90 Å². The Kier molecular flexibility index (Phi) is 6.31. The first kappa shape index (κ1) is 26.7. The third kappa shape index (κ3) is 3.99. The fourth-order valence-electron chi connectivity index (χ4n) is 7.98. The highest BCUT2D eigenvalue weighted by molar-refractivity contribution is 6.30. The largest absolute Gasteiger partial charge is 0.472 e. The summed E-state index contributed by atoms with van der Waals surface area (Å²) >= 11 is 6.14. The van der Waals surface area contributed by atoms with Crippen LogP contribution in [0.15, 0.2) is 12.3 Å². The van der Waals surface area contributed by atoms with Crippen LogP contribution in [-0.2, 0) is 4.79 Å². The van der Waals surface area contributed by atoms with Crippen molar-refractivity contribution in [1.82, 2.24) is 29.2 Å². The molecule has 5 aliphatic rings. The summed E-state index contributed by atoms with van der Waals surface area (Å²) in [5.74, 6) is -0.298. The third-order valence-corrected chi connectivity index (χ3v) is 10.2. The number of carboxylic acid groups (broad SMARTS) is 1. The summed E-state index contributed by atoms with van der Waals surface area (Å²) in [6.45, 7) is 5.68. The van der Waals surface area contributed by atoms with Gasteiger partial charge in [0.25, 0.3) is 0 Å². The van der Waals surface area contributed by atoms with Gasteiger partial charge in [-0.1, -0.05) is 11.6 Å². The topological polar surface area (TPSA) is 104 Å². The maximum atomic E-state index is 15.6. The average Bonchev–Trinajstić information content (AvgIpc) is 3.73. The van der Waals surface area contributed by atoms with Crippen molar-refractivity contribution < 1.29 is 23.8 Å². The Hall–Kier alpha value is -3.18. The van der Waals surface area contributed by atoms with Crippen LogP contribution in [0.25, 0.3) is 21.8 Å². The number of likely N-dealkylation sites (N-methyl/N-ethyl adjacent to an activating group) is 1. The third-order valence-electron chi connectivity index (χ3n) is 9.93. The summed E-state index contributed by atoms with van der Waals surface area (Å²) in [5.41, 5.74) is 1.68. The Bertz CT molecular complexity index is 1580. The van der Waals surface area contributed by atoms with Crippen molar-refractivity contribution in [2.24, 2.45) is 5.92 Å². The highest BCUT2D eigenvalue weighted by Gasteiger charge is 2.56. The molecule has 2 unspecified atom stereocenters. The lowest BCUT2D eigenvalue weighted by molar-refractivity contribution is -0.129. The lowest BCUT2D eigenvalue weighted by Crippen LogP contribution is -2.43. The first-order valence-electron chi connectivity index (χ1n) is 14.5. The lowest BCUT2D eigenvalue weighted by atomic mass is 9.79. The predicted octanol–water partition coefficient (Wildman–Crippen LogP) is 4.85. The number of likely N-dealkylation sites (tertiary alicyclic amines) is 2. The molecule has 3 aromatic heterocycles. The number of pyridine rings is 2. The molecule has 4 aliphatic heterocycles. The zero-order valence-corrected chi connectivity index (χ0v) is 24.1. The molecule has 0 radical (unpaired) electrons. The fraction of sp³-hybridized carbons (Fsp3) is 0.586. The maximum Gasteiger partial charge on any atom is 0.407 e. The molecule has 4 saturated heterocycles. The number of rotatable bonds is 5. The Morgan fingerprint density at radius 3 is 2.66 bits per heavy atom. The number of nitrogens with zero attached hydrogens (tertiary/aromatic N) is 6. The molecule has 218 valence electrons. The van der Waals surface area contributed by atoms with E-state index < -0.39 is 11.9 Å². The Morgan fingerprint density at radius 2 is 1.98 bits per heavy atom. The van der Waals surface area contributed by atoms with Gasteiger partial charge >= 0.3 is 6.09 Å². The van der Waals surface area contributed by atoms with Crippen LogP contribution in [0.2, 0.25) is 5.15 Å². The number of ether oxygens (including phenoxy) is 1. The molecule has 1 aliphatic carbocycles. The van der Waals surface area contributed by atoms with Gasteiger partial charge in [0.15, 0.2) is 11.0 Å². The number of halogens is 2. The summed E-state index contributed by atoms with van der Waals surface area (Å²) < 4.78 is 24.3. The zero-order valence-electron chi connectivity index (χ0n) is 23.4. The van der Waals surface area contributed by atoms with Crippen LogP contribution in [0.4, 0.5) is 9.18 Å². The molecule has 10 nitrogen and oxygen atoms in total. The van der Waals surface area contributed by atoms with Crippen molar-refractivity contribution in [3.63, 3.8) is 0 Å². The van der Waals surface area contributed by atoms with Gasteiger partial charge in [0.1, 0.15) is 11.6 Å². The predicted molar refractivity (Wildman–Crippen MR) is 151 cm³/mol. The summed E-state index contributed by atoms with van der Waals surface area (Å²) in [6, 6.07) is 1.68. The quantitative estimate of drug-likeness (QED) is 0.428. The number of amides is 2. The summed E-state index contributed by atoms with van der Waals surface area (Å²) in [5, 5.41) is 10.8. The molecule has 41 heavy (non-hydrogen) atoms. The summed E-state index contributed by atoms with van der Waals surface area (Å²) in [6.07, 6.45) is 4.90. The highest BCUT2D eigenvalue weighted by atomic mass is 35.5. The second-order valence-electron chi connectivity index (χ2n) is 12.1. The fourth-order valence-corrected chi connectivity index (χ4v) is 8.12. The average molecular weight is 585 g/mol. The molecule has 0 spiro atoms. The van der Waals surface area contributed by atoms with Crippen LogP contribution < -0.4 is 4.74 Å². The minimum absolute atomic E-state index is 0.00936. The van der Waals surface area contributed by atoms with Crippen LogP contribution in [0.5, 0.6) is 5.88 Å². The van der Waals surface area contributed by atoms with Gasteiger partial charge in [0, 0.05) is 49.2 Å². The van der Waals surface area contributed by atoms with Crippen molar-refractivity contribution in [1.29, 1.82) is 0 Å². The first-order valence-corrected chi connectivity index (χ1v) is 14.9. The Morgan fingerprint density at radius 1 is 1.20 bits per heavy atom. The van der Waals surface area contributed by atoms with Gasteiger partial charge in [-0.2, -0.15) is 0 Å². The highest BCUT2D eigenvalue weighted by Crippen LogP contribution is 2.54. The molecule has 6 atom stereocenters. The first-order chi connectivity index (χ1) is 19.7. The van der Waals surface area contributed by atoms with Crippen molar-refractivity contribution in [3.8, 4) is 5.88 Å². The minimum Gasteiger partial charge on any atom is -0.472 e. The second-order valence-corrected chi connectivity index (χ2v) is 12.5. The zero-order chi connectivity index (χ0) is 28.7. The van der Waals surface area contributed by atoms with Gasteiger partial charge < -0.3 is 24.2 Å². The van der Waals surface area contributed by atoms with E-state index in [0.717, 1.165) is 44.3 Å². The number of fused-ring (bicyclic) bond motifs is 4. The molecular formula is C29H34ClFN6O4. The van der Waals surface area contributed by atoms with Crippen molar-refractivity contribution in [2.75, 3.05) is 26.7 Å². The number of aromatic nitrogens is 3. The van der Waals surface area contributed by atoms with Crippen molar-refractivity contribution in [2.45, 2.75) is 76.2 Å². The number of hydrogen-bond acceptors (Lipinski definition) is 6. The smallest absolute Gasteiger partial charge is 0.407 e. The van der Waals surface area contributed by atoms with Gasteiger partial charge in [-0.15, -0.1) is 0 Å². The van der Waals surface area contributed by atoms with E-state index in [1.807, 2.05) is 17.9 Å². The van der Waals surface area contributed by atoms with Crippen LogP contribution in [0.1, 0.15) is 63.7 Å². The standard InChI is InChI=1S/C29H34ClFN6O4/c1-14(19-6-4-8-34(19)3)41-28-17-11-21(20-7-5-9-35(20)15(2)38)37(25-16-10-22(25)36(13-16)29(39)40)26(17)18-12-32-27(30)23(31)24(18)33-28/h11-12,14,16,19-20,22,25H,4-10,13H2,1-3H3,(H,39,40)/t14-,16+,19?,20?,22+,25-/m0/s1. The Labute approximate surface area is 242 Å². The molecule has 1 saturated carbocycles. The molecule has 3 aromatic rings. The molecule has 2 amide bonds. The SMILES string of the molecule is CC(=O)N1CCCC1c1cc2c(O[C@@H](C)C3CCCN3C)nc3c(F)c(Cl)ncc3c2n1[C@H]1[C@@H]2C[C@H]1N(C(=O)O)C2. The van der Waals surface area contributed by atoms with Crippen LogP contribution in [-0.4, -0.2) is 91.2 Å². The van der Waals surface area contributed by atoms with E-state index in [0.29, 0.717) is 35.3 Å². The molecule has 1 N–H and O–H groups in total. The minimum atomic E-state index is -0.936. The van der Waals surface area contributed by atoms with E-state index in [9.17, 15) is 14.7 Å². The normalized spacial score (nSPS) is 28.6. The second kappa shape index (κ2) is 9.69. The number of hydrogen-bond donors (Lipinski definition) is 1. The molecule has 7 heterocycles. The summed E-state index contributed by atoms with van der Waals surface area (Å²) in [4.78, 5) is 39.3. The van der Waals surface area contributed by atoms with E-state index in [-0.39, 0.29) is 52.8 Å². The Balaban J connectivity index is 1.48. The van der Waals surface area contributed by atoms with E-state index in [2.05, 4.69) is 21.5 Å². The molecular weight excluding hydrogens is 551 g/mol. The number of carbonyl (C=O) groups excluding carboxylic acids is 1. The molecule has 8 rings (SSSR count). The summed E-state index contributed by atoms with van der Waals surface area (Å²) in [7, 11) is 2.08. The van der Waals surface area contributed by atoms with E-state index >= 15 is 4.39 Å². The van der Waals surface area contributed by atoms with Gasteiger partial charge in [-0.3, -0.25) is 9.69 Å². The van der Waals surface area contributed by atoms with Crippen molar-refractivity contribution in [3.05, 3.63) is 28.9 Å². The molecule has 0 aromatic carbocycles. The monoisotopic (exact) mass is 584 g/mol. The van der Waals surface area contributed by atoms with Gasteiger partial charge in [0.2, 0.25) is 11.8 Å². The maximum absolute atomic E-state index is 15.6. The van der Waals surface area contributed by atoms with Crippen LogP contribution in [0.3, 0.4) is 0 Å². The van der Waals surface area contributed by atoms with E-state index in [4.69, 9.17) is 21.3 Å². The molecule has 5 fully saturated rings. The number of carbonyl (C=O) groups is 2. The van der Waals surface area contributed by atoms with E-state index in [1.54, 1.807) is 13.1 Å². The van der Waals surface area contributed by atoms with Crippen LogP contribution in [0, 0.1) is 11.7 Å². The van der Waals surface area contributed by atoms with Gasteiger partial charge in [-0.05, 0) is 58.7 Å². The van der Waals surface area contributed by atoms with Crippen LogP contribution >= 0.6 is 11.6 Å². The van der Waals surface area contributed by atoms with Crippen molar-refractivity contribution >= 4 is 45.4 Å². The van der Waals surface area contributed by atoms with Gasteiger partial charge in [-0.25, -0.2) is 19.2 Å².